The number of aromatic nitrogens is 1. The van der Waals surface area contributed by atoms with Gasteiger partial charge in [0.15, 0.2) is 0 Å². The molecule has 0 amide bonds. The maximum atomic E-state index is 10.9. The number of nitrogens with zero attached hydrogens (tertiary/aromatic N) is 3. The van der Waals surface area contributed by atoms with Gasteiger partial charge in [-0.2, -0.15) is 5.10 Å². The summed E-state index contributed by atoms with van der Waals surface area (Å²) in [6.45, 7) is 1.71. The zero-order chi connectivity index (χ0) is 16.9. The Hall–Kier alpha value is -3.06. The molecule has 7 heteroatoms. The minimum absolute atomic E-state index is 0.0829. The van der Waals surface area contributed by atoms with E-state index in [1.54, 1.807) is 19.1 Å². The Labute approximate surface area is 142 Å². The van der Waals surface area contributed by atoms with E-state index >= 15 is 0 Å². The average Bonchev–Trinajstić information content (AvgIpc) is 3.06. The molecule has 0 unspecified atom stereocenters. The molecule has 0 aliphatic heterocycles. The highest BCUT2D eigenvalue weighted by Gasteiger charge is 2.10. The van der Waals surface area contributed by atoms with E-state index in [9.17, 15) is 10.1 Å². The van der Waals surface area contributed by atoms with E-state index in [2.05, 4.69) is 15.5 Å². The third-order valence-corrected chi connectivity index (χ3v) is 4.12. The number of nitro benzene ring substituents is 1. The van der Waals surface area contributed by atoms with E-state index < -0.39 is 4.92 Å². The molecule has 24 heavy (non-hydrogen) atoms. The summed E-state index contributed by atoms with van der Waals surface area (Å²) >= 11 is 1.45. The van der Waals surface area contributed by atoms with Crippen molar-refractivity contribution in [1.29, 1.82) is 0 Å². The number of rotatable bonds is 5. The topological polar surface area (TPSA) is 80.4 Å². The lowest BCUT2D eigenvalue weighted by Gasteiger charge is -1.98. The van der Waals surface area contributed by atoms with E-state index in [1.165, 1.54) is 23.6 Å². The minimum atomic E-state index is -0.396. The van der Waals surface area contributed by atoms with Crippen LogP contribution in [-0.4, -0.2) is 16.1 Å². The van der Waals surface area contributed by atoms with Crippen molar-refractivity contribution in [1.82, 2.24) is 4.98 Å². The number of aryl methyl sites for hydroxylation is 1. The first kappa shape index (κ1) is 15.8. The summed E-state index contributed by atoms with van der Waals surface area (Å²) in [6, 6.07) is 14.9. The fourth-order valence-electron chi connectivity index (χ4n) is 2.13. The molecule has 1 N–H and O–H groups in total. The fraction of sp³-hybridized carbons (Fsp3) is 0.0588. The van der Waals surface area contributed by atoms with Gasteiger partial charge in [0.1, 0.15) is 0 Å². The van der Waals surface area contributed by atoms with Crippen molar-refractivity contribution in [2.45, 2.75) is 6.92 Å². The number of hydrogen-bond donors (Lipinski definition) is 1. The van der Waals surface area contributed by atoms with Crippen LogP contribution in [0.4, 0.5) is 10.8 Å². The van der Waals surface area contributed by atoms with Crippen LogP contribution in [-0.2, 0) is 0 Å². The monoisotopic (exact) mass is 338 g/mol. The van der Waals surface area contributed by atoms with Crippen molar-refractivity contribution in [3.05, 3.63) is 75.2 Å². The first-order valence-electron chi connectivity index (χ1n) is 7.18. The second-order valence-electron chi connectivity index (χ2n) is 5.08. The summed E-state index contributed by atoms with van der Waals surface area (Å²) in [7, 11) is 0. The summed E-state index contributed by atoms with van der Waals surface area (Å²) in [4.78, 5) is 15.0. The number of nitro groups is 1. The second-order valence-corrected chi connectivity index (χ2v) is 5.94. The molecule has 0 fully saturated rings. The van der Waals surface area contributed by atoms with Gasteiger partial charge in [-0.25, -0.2) is 4.98 Å². The average molecular weight is 338 g/mol. The van der Waals surface area contributed by atoms with Crippen molar-refractivity contribution in [3.63, 3.8) is 0 Å². The van der Waals surface area contributed by atoms with Crippen LogP contribution in [0.3, 0.4) is 0 Å². The van der Waals surface area contributed by atoms with Crippen LogP contribution < -0.4 is 5.43 Å². The van der Waals surface area contributed by atoms with Gasteiger partial charge in [0, 0.05) is 28.1 Å². The molecule has 0 saturated carbocycles. The van der Waals surface area contributed by atoms with Crippen LogP contribution >= 0.6 is 11.3 Å². The zero-order valence-corrected chi connectivity index (χ0v) is 13.7. The number of nitrogens with one attached hydrogen (secondary N) is 1. The summed E-state index contributed by atoms with van der Waals surface area (Å²) in [6.07, 6.45) is 1.54. The number of benzene rings is 2. The predicted molar refractivity (Wildman–Crippen MR) is 96.6 cm³/mol. The molecular weight excluding hydrogens is 324 g/mol. The van der Waals surface area contributed by atoms with E-state index in [1.807, 2.05) is 35.7 Å². The number of hydrogen-bond acceptors (Lipinski definition) is 6. The molecule has 0 atom stereocenters. The van der Waals surface area contributed by atoms with E-state index in [-0.39, 0.29) is 5.69 Å². The van der Waals surface area contributed by atoms with Crippen LogP contribution in [0.5, 0.6) is 0 Å². The number of anilines is 1. The standard InChI is InChI=1S/C17H14N4O2S/c1-12-7-8-13(9-16(12)21(22)23)10-18-20-17-19-15(11-24-17)14-5-3-2-4-6-14/h2-11H,1H3,(H,19,20). The highest BCUT2D eigenvalue weighted by Crippen LogP contribution is 2.24. The lowest BCUT2D eigenvalue weighted by molar-refractivity contribution is -0.385. The second kappa shape index (κ2) is 7.01. The van der Waals surface area contributed by atoms with Gasteiger partial charge in [0.25, 0.3) is 5.69 Å². The molecular formula is C17H14N4O2S. The molecule has 1 aromatic heterocycles. The molecule has 3 rings (SSSR count). The van der Waals surface area contributed by atoms with Crippen LogP contribution in [0.25, 0.3) is 11.3 Å². The Morgan fingerprint density at radius 1 is 1.25 bits per heavy atom. The molecule has 120 valence electrons. The van der Waals surface area contributed by atoms with Crippen molar-refractivity contribution < 1.29 is 4.92 Å². The summed E-state index contributed by atoms with van der Waals surface area (Å²) < 4.78 is 0. The quantitative estimate of drug-likeness (QED) is 0.423. The normalized spacial score (nSPS) is 10.9. The number of hydrazone groups is 1. The smallest absolute Gasteiger partial charge is 0.258 e. The maximum Gasteiger partial charge on any atom is 0.272 e. The fourth-order valence-corrected chi connectivity index (χ4v) is 2.80. The molecule has 0 bridgehead atoms. The van der Waals surface area contributed by atoms with Crippen molar-refractivity contribution in [3.8, 4) is 11.3 Å². The van der Waals surface area contributed by atoms with Crippen molar-refractivity contribution >= 4 is 28.4 Å². The van der Waals surface area contributed by atoms with Crippen LogP contribution in [0.15, 0.2) is 59.0 Å². The SMILES string of the molecule is Cc1ccc(C=NNc2nc(-c3ccccc3)cs2)cc1[N+](=O)[O-]. The van der Waals surface area contributed by atoms with Gasteiger partial charge >= 0.3 is 0 Å². The molecule has 6 nitrogen and oxygen atoms in total. The maximum absolute atomic E-state index is 10.9. The summed E-state index contributed by atoms with van der Waals surface area (Å²) in [5.74, 6) is 0. The van der Waals surface area contributed by atoms with E-state index in [0.717, 1.165) is 11.3 Å². The molecule has 1 heterocycles. The highest BCUT2D eigenvalue weighted by molar-refractivity contribution is 7.14. The first-order chi connectivity index (χ1) is 11.6. The first-order valence-corrected chi connectivity index (χ1v) is 8.06. The Bertz CT molecular complexity index is 891. The number of thiazole rings is 1. The van der Waals surface area contributed by atoms with Gasteiger partial charge in [0.05, 0.1) is 16.8 Å². The minimum Gasteiger partial charge on any atom is -0.258 e. The van der Waals surface area contributed by atoms with E-state index in [0.29, 0.717) is 16.3 Å². The van der Waals surface area contributed by atoms with E-state index in [4.69, 9.17) is 0 Å². The molecule has 3 aromatic rings. The van der Waals surface area contributed by atoms with Gasteiger partial charge in [-0.05, 0) is 6.92 Å². The van der Waals surface area contributed by atoms with Crippen LogP contribution in [0, 0.1) is 17.0 Å². The molecule has 0 radical (unpaired) electrons. The Balaban J connectivity index is 1.70. The summed E-state index contributed by atoms with van der Waals surface area (Å²) in [5, 5.41) is 17.7. The van der Waals surface area contributed by atoms with Crippen molar-refractivity contribution in [2.75, 3.05) is 5.43 Å². The Morgan fingerprint density at radius 2 is 2.04 bits per heavy atom. The van der Waals surface area contributed by atoms with Gasteiger partial charge < -0.3 is 0 Å². The Morgan fingerprint density at radius 3 is 2.79 bits per heavy atom. The van der Waals surface area contributed by atoms with Gasteiger partial charge in [-0.15, -0.1) is 11.3 Å². The summed E-state index contributed by atoms with van der Waals surface area (Å²) in [5.41, 5.74) is 6.13. The largest absolute Gasteiger partial charge is 0.272 e. The molecule has 0 aliphatic carbocycles. The molecule has 0 saturated heterocycles. The zero-order valence-electron chi connectivity index (χ0n) is 12.8. The third kappa shape index (κ3) is 3.64. The lowest BCUT2D eigenvalue weighted by Crippen LogP contribution is -1.95. The third-order valence-electron chi connectivity index (χ3n) is 3.38. The molecule has 2 aromatic carbocycles. The molecule has 0 aliphatic rings. The highest BCUT2D eigenvalue weighted by atomic mass is 32.1. The Kier molecular flexibility index (Phi) is 4.62. The predicted octanol–water partition coefficient (Wildman–Crippen LogP) is 4.47. The van der Waals surface area contributed by atoms with Gasteiger partial charge in [-0.1, -0.05) is 42.5 Å². The van der Waals surface area contributed by atoms with Crippen LogP contribution in [0.2, 0.25) is 0 Å². The van der Waals surface area contributed by atoms with Crippen molar-refractivity contribution in [2.24, 2.45) is 5.10 Å². The van der Waals surface area contributed by atoms with Gasteiger partial charge in [-0.3, -0.25) is 15.5 Å². The van der Waals surface area contributed by atoms with Crippen LogP contribution in [0.1, 0.15) is 11.1 Å². The van der Waals surface area contributed by atoms with Gasteiger partial charge in [0.2, 0.25) is 5.13 Å². The molecule has 0 spiro atoms. The lowest BCUT2D eigenvalue weighted by atomic mass is 10.1.